The smallest absolute Gasteiger partial charge is 0.118 e. The van der Waals surface area contributed by atoms with Gasteiger partial charge in [0.05, 0.1) is 19.3 Å². The molecular weight excluding hydrogens is 262 g/mol. The Kier molecular flexibility index (Phi) is 4.51. The molecule has 116 valence electrons. The average Bonchev–Trinajstić information content (AvgIpc) is 3.10. The van der Waals surface area contributed by atoms with E-state index >= 15 is 0 Å². The normalized spacial score (nSPS) is 29.0. The molecule has 2 bridgehead atoms. The van der Waals surface area contributed by atoms with E-state index in [1.807, 2.05) is 12.1 Å². The van der Waals surface area contributed by atoms with Crippen molar-refractivity contribution in [2.24, 2.45) is 11.8 Å². The van der Waals surface area contributed by atoms with Crippen LogP contribution in [-0.2, 0) is 4.74 Å². The first-order chi connectivity index (χ1) is 10.2. The van der Waals surface area contributed by atoms with Crippen molar-refractivity contribution in [1.29, 1.82) is 0 Å². The number of hydrogen-bond acceptors (Lipinski definition) is 3. The van der Waals surface area contributed by atoms with Crippen LogP contribution in [0.25, 0.3) is 0 Å². The topological polar surface area (TPSA) is 30.5 Å². The molecule has 1 aromatic carbocycles. The van der Waals surface area contributed by atoms with Crippen LogP contribution in [0.3, 0.4) is 0 Å². The van der Waals surface area contributed by atoms with Crippen LogP contribution in [0.2, 0.25) is 0 Å². The predicted octanol–water partition coefficient (Wildman–Crippen LogP) is 3.55. The molecule has 1 aromatic rings. The monoisotopic (exact) mass is 289 g/mol. The van der Waals surface area contributed by atoms with E-state index in [4.69, 9.17) is 9.47 Å². The first kappa shape index (κ1) is 14.9. The van der Waals surface area contributed by atoms with E-state index in [2.05, 4.69) is 31.3 Å². The van der Waals surface area contributed by atoms with Gasteiger partial charge in [-0.1, -0.05) is 26.0 Å². The van der Waals surface area contributed by atoms with Crippen LogP contribution in [-0.4, -0.2) is 25.9 Å². The van der Waals surface area contributed by atoms with Gasteiger partial charge < -0.3 is 14.8 Å². The van der Waals surface area contributed by atoms with Gasteiger partial charge in [0.1, 0.15) is 5.75 Å². The number of nitrogens with one attached hydrogen (secondary N) is 1. The third-order valence-corrected chi connectivity index (χ3v) is 4.97. The van der Waals surface area contributed by atoms with Gasteiger partial charge in [0.15, 0.2) is 0 Å². The van der Waals surface area contributed by atoms with Crippen LogP contribution in [0, 0.1) is 11.8 Å². The fourth-order valence-electron chi connectivity index (χ4n) is 3.79. The second-order valence-electron chi connectivity index (χ2n) is 6.77. The van der Waals surface area contributed by atoms with Crippen molar-refractivity contribution in [3.05, 3.63) is 29.8 Å². The Balaban J connectivity index is 1.61. The molecule has 4 unspecified atom stereocenters. The van der Waals surface area contributed by atoms with Crippen LogP contribution >= 0.6 is 0 Å². The molecular formula is C18H27NO2. The zero-order valence-corrected chi connectivity index (χ0v) is 13.3. The zero-order valence-electron chi connectivity index (χ0n) is 13.3. The molecule has 2 fully saturated rings. The van der Waals surface area contributed by atoms with Crippen LogP contribution in [0.1, 0.15) is 44.7 Å². The molecule has 2 heterocycles. The summed E-state index contributed by atoms with van der Waals surface area (Å²) in [5.74, 6) is 2.18. The van der Waals surface area contributed by atoms with Crippen LogP contribution < -0.4 is 10.1 Å². The van der Waals surface area contributed by atoms with Gasteiger partial charge >= 0.3 is 0 Å². The highest BCUT2D eigenvalue weighted by molar-refractivity contribution is 5.29. The Labute approximate surface area is 128 Å². The second kappa shape index (κ2) is 6.37. The SMILES string of the molecule is COc1ccc(C(NCC2CC3CCC2O3)C(C)C)cc1. The number of ether oxygens (including phenoxy) is 2. The lowest BCUT2D eigenvalue weighted by atomic mass is 9.88. The van der Waals surface area contributed by atoms with Crippen molar-refractivity contribution in [2.45, 2.75) is 51.4 Å². The van der Waals surface area contributed by atoms with Gasteiger partial charge in [-0.05, 0) is 42.9 Å². The van der Waals surface area contributed by atoms with Gasteiger partial charge in [-0.15, -0.1) is 0 Å². The number of methoxy groups -OCH3 is 1. The standard InChI is InChI=1S/C18H27NO2/c1-12(2)18(13-4-6-15(20-3)7-5-13)19-11-14-10-16-8-9-17(14)21-16/h4-7,12,14,16-19H,8-11H2,1-3H3. The lowest BCUT2D eigenvalue weighted by molar-refractivity contribution is 0.0916. The lowest BCUT2D eigenvalue weighted by Gasteiger charge is -2.27. The van der Waals surface area contributed by atoms with Gasteiger partial charge in [0.2, 0.25) is 0 Å². The number of rotatable bonds is 6. The first-order valence-corrected chi connectivity index (χ1v) is 8.20. The molecule has 0 saturated carbocycles. The molecule has 4 atom stereocenters. The van der Waals surface area contributed by atoms with Crippen LogP contribution in [0.5, 0.6) is 5.75 Å². The van der Waals surface area contributed by atoms with Gasteiger partial charge in [-0.2, -0.15) is 0 Å². The third kappa shape index (κ3) is 3.24. The molecule has 3 heteroatoms. The summed E-state index contributed by atoms with van der Waals surface area (Å²) in [7, 11) is 1.71. The maximum absolute atomic E-state index is 5.96. The summed E-state index contributed by atoms with van der Waals surface area (Å²) in [6.07, 6.45) is 4.82. The Bertz CT molecular complexity index is 457. The molecule has 3 nitrogen and oxygen atoms in total. The zero-order chi connectivity index (χ0) is 14.8. The van der Waals surface area contributed by atoms with E-state index in [9.17, 15) is 0 Å². The summed E-state index contributed by atoms with van der Waals surface area (Å²) in [6.45, 7) is 5.62. The molecule has 1 N–H and O–H groups in total. The molecule has 3 rings (SSSR count). The summed E-state index contributed by atoms with van der Waals surface area (Å²) in [5.41, 5.74) is 1.34. The maximum Gasteiger partial charge on any atom is 0.118 e. The fourth-order valence-corrected chi connectivity index (χ4v) is 3.79. The Morgan fingerprint density at radius 1 is 1.24 bits per heavy atom. The Hall–Kier alpha value is -1.06. The van der Waals surface area contributed by atoms with Gasteiger partial charge in [0.25, 0.3) is 0 Å². The van der Waals surface area contributed by atoms with E-state index in [1.54, 1.807) is 7.11 Å². The average molecular weight is 289 g/mol. The first-order valence-electron chi connectivity index (χ1n) is 8.20. The van der Waals surface area contributed by atoms with E-state index < -0.39 is 0 Å². The summed E-state index contributed by atoms with van der Waals surface area (Å²) >= 11 is 0. The molecule has 2 saturated heterocycles. The highest BCUT2D eigenvalue weighted by Crippen LogP contribution is 2.38. The van der Waals surface area contributed by atoms with Crippen LogP contribution in [0.15, 0.2) is 24.3 Å². The summed E-state index contributed by atoms with van der Waals surface area (Å²) in [5, 5.41) is 3.78. The molecule has 0 aromatic heterocycles. The molecule has 21 heavy (non-hydrogen) atoms. The quantitative estimate of drug-likeness (QED) is 0.868. The highest BCUT2D eigenvalue weighted by Gasteiger charge is 2.40. The van der Waals surface area contributed by atoms with Gasteiger partial charge in [-0.25, -0.2) is 0 Å². The maximum atomic E-state index is 5.96. The van der Waals surface area contributed by atoms with Crippen LogP contribution in [0.4, 0.5) is 0 Å². The fraction of sp³-hybridized carbons (Fsp3) is 0.667. The molecule has 2 aliphatic rings. The molecule has 2 aliphatic heterocycles. The van der Waals surface area contributed by atoms with Crippen molar-refractivity contribution in [2.75, 3.05) is 13.7 Å². The highest BCUT2D eigenvalue weighted by atomic mass is 16.5. The van der Waals surface area contributed by atoms with E-state index in [-0.39, 0.29) is 0 Å². The van der Waals surface area contributed by atoms with E-state index in [1.165, 1.54) is 24.8 Å². The van der Waals surface area contributed by atoms with Crippen molar-refractivity contribution in [1.82, 2.24) is 5.32 Å². The van der Waals surface area contributed by atoms with Crippen molar-refractivity contribution >= 4 is 0 Å². The summed E-state index contributed by atoms with van der Waals surface area (Å²) in [4.78, 5) is 0. The molecule has 0 spiro atoms. The molecule has 0 aliphatic carbocycles. The molecule has 0 amide bonds. The van der Waals surface area contributed by atoms with Crippen molar-refractivity contribution in [3.8, 4) is 5.75 Å². The predicted molar refractivity (Wildman–Crippen MR) is 84.6 cm³/mol. The summed E-state index contributed by atoms with van der Waals surface area (Å²) < 4.78 is 11.2. The largest absolute Gasteiger partial charge is 0.497 e. The number of benzene rings is 1. The second-order valence-corrected chi connectivity index (χ2v) is 6.77. The summed E-state index contributed by atoms with van der Waals surface area (Å²) in [6, 6.07) is 8.84. The number of fused-ring (bicyclic) bond motifs is 2. The number of hydrogen-bond donors (Lipinski definition) is 1. The minimum atomic E-state index is 0.398. The van der Waals surface area contributed by atoms with E-state index in [0.717, 1.165) is 12.3 Å². The minimum absolute atomic E-state index is 0.398. The van der Waals surface area contributed by atoms with Crippen molar-refractivity contribution in [3.63, 3.8) is 0 Å². The Morgan fingerprint density at radius 3 is 2.52 bits per heavy atom. The van der Waals surface area contributed by atoms with Gasteiger partial charge in [0, 0.05) is 18.5 Å². The van der Waals surface area contributed by atoms with Crippen molar-refractivity contribution < 1.29 is 9.47 Å². The third-order valence-electron chi connectivity index (χ3n) is 4.97. The molecule has 0 radical (unpaired) electrons. The Morgan fingerprint density at radius 2 is 2.00 bits per heavy atom. The lowest BCUT2D eigenvalue weighted by Crippen LogP contribution is -2.34. The minimum Gasteiger partial charge on any atom is -0.497 e. The van der Waals surface area contributed by atoms with E-state index in [0.29, 0.717) is 30.1 Å². The van der Waals surface area contributed by atoms with Gasteiger partial charge in [-0.3, -0.25) is 0 Å².